The Kier molecular flexibility index (Phi) is 10.9. The van der Waals surface area contributed by atoms with E-state index in [0.717, 1.165) is 16.7 Å². The lowest BCUT2D eigenvalue weighted by Gasteiger charge is -2.26. The topological polar surface area (TPSA) is 77.5 Å². The Hall–Kier alpha value is -3.07. The standard InChI is InChI=1S/C31H37NO6/c1-2-36-29(33)19-18-27-30(37-21-25-14-8-4-9-15-25)31(38-22-26-16-10-5-11-17-26)28(32(27)34)23-35-20-24-12-6-3-7-13-24/h3-17,27-28,30-31,34H,2,18-23H2,1H3/t27-,28-,30-,31-/m1/s1. The fourth-order valence-corrected chi connectivity index (χ4v) is 4.77. The van der Waals surface area contributed by atoms with Crippen LogP contribution in [-0.4, -0.2) is 53.7 Å². The number of nitrogens with zero attached hydrogens (tertiary/aromatic N) is 1. The molecule has 7 nitrogen and oxygen atoms in total. The van der Waals surface area contributed by atoms with E-state index in [9.17, 15) is 10.0 Å². The van der Waals surface area contributed by atoms with Crippen LogP contribution in [0.25, 0.3) is 0 Å². The summed E-state index contributed by atoms with van der Waals surface area (Å²) in [6.45, 7) is 3.48. The number of hydroxylamine groups is 2. The molecule has 1 aliphatic rings. The van der Waals surface area contributed by atoms with Crippen LogP contribution in [0.5, 0.6) is 0 Å². The first-order chi connectivity index (χ1) is 18.7. The highest BCUT2D eigenvalue weighted by Crippen LogP contribution is 2.33. The maximum absolute atomic E-state index is 12.2. The van der Waals surface area contributed by atoms with Gasteiger partial charge in [0.05, 0.1) is 45.1 Å². The molecule has 1 aliphatic heterocycles. The van der Waals surface area contributed by atoms with Crippen molar-refractivity contribution < 1.29 is 28.9 Å². The van der Waals surface area contributed by atoms with Crippen molar-refractivity contribution in [3.8, 4) is 0 Å². The summed E-state index contributed by atoms with van der Waals surface area (Å²) < 4.78 is 24.1. The molecule has 4 atom stereocenters. The van der Waals surface area contributed by atoms with Crippen LogP contribution in [0.3, 0.4) is 0 Å². The molecule has 0 spiro atoms. The first kappa shape index (κ1) is 28.0. The lowest BCUT2D eigenvalue weighted by atomic mass is 10.0. The Bertz CT molecular complexity index is 1080. The van der Waals surface area contributed by atoms with Crippen LogP contribution in [0.4, 0.5) is 0 Å². The summed E-state index contributed by atoms with van der Waals surface area (Å²) >= 11 is 0. The van der Waals surface area contributed by atoms with Crippen LogP contribution in [-0.2, 0) is 43.6 Å². The zero-order valence-electron chi connectivity index (χ0n) is 21.9. The first-order valence-corrected chi connectivity index (χ1v) is 13.2. The fraction of sp³-hybridized carbons (Fsp3) is 0.387. The molecular formula is C31H37NO6. The summed E-state index contributed by atoms with van der Waals surface area (Å²) in [5, 5.41) is 12.6. The van der Waals surface area contributed by atoms with Gasteiger partial charge in [-0.25, -0.2) is 0 Å². The Morgan fingerprint density at radius 3 is 1.71 bits per heavy atom. The lowest BCUT2D eigenvalue weighted by Crippen LogP contribution is -2.41. The molecule has 0 aliphatic carbocycles. The van der Waals surface area contributed by atoms with Crippen LogP contribution in [0.15, 0.2) is 91.0 Å². The summed E-state index contributed by atoms with van der Waals surface area (Å²) in [5.41, 5.74) is 3.09. The van der Waals surface area contributed by atoms with Crippen LogP contribution in [0, 0.1) is 0 Å². The molecular weight excluding hydrogens is 482 g/mol. The minimum atomic E-state index is -0.483. The van der Waals surface area contributed by atoms with Crippen molar-refractivity contribution in [1.82, 2.24) is 5.06 Å². The predicted octanol–water partition coefficient (Wildman–Crippen LogP) is 5.16. The summed E-state index contributed by atoms with van der Waals surface area (Å²) in [6, 6.07) is 28.8. The maximum Gasteiger partial charge on any atom is 0.305 e. The average Bonchev–Trinajstić information content (AvgIpc) is 3.20. The number of carbonyl (C=O) groups excluding carboxylic acids is 1. The van der Waals surface area contributed by atoms with Crippen LogP contribution in [0.2, 0.25) is 0 Å². The highest BCUT2D eigenvalue weighted by molar-refractivity contribution is 5.69. The normalized spacial score (nSPS) is 21.4. The van der Waals surface area contributed by atoms with Gasteiger partial charge in [-0.3, -0.25) is 4.79 Å². The highest BCUT2D eigenvalue weighted by Gasteiger charge is 2.50. The lowest BCUT2D eigenvalue weighted by molar-refractivity contribution is -0.168. The van der Waals surface area contributed by atoms with Crippen molar-refractivity contribution in [2.75, 3.05) is 13.2 Å². The van der Waals surface area contributed by atoms with Gasteiger partial charge >= 0.3 is 5.97 Å². The summed E-state index contributed by atoms with van der Waals surface area (Å²) in [7, 11) is 0. The Labute approximate surface area is 224 Å². The number of ether oxygens (including phenoxy) is 4. The highest BCUT2D eigenvalue weighted by atomic mass is 16.6. The molecule has 0 unspecified atom stereocenters. The third kappa shape index (κ3) is 7.96. The van der Waals surface area contributed by atoms with Crippen LogP contribution in [0.1, 0.15) is 36.5 Å². The monoisotopic (exact) mass is 519 g/mol. The van der Waals surface area contributed by atoms with Crippen molar-refractivity contribution in [2.24, 2.45) is 0 Å². The number of rotatable bonds is 14. The predicted molar refractivity (Wildman–Crippen MR) is 143 cm³/mol. The SMILES string of the molecule is CCOC(=O)CC[C@@H]1[C@@H](OCc2ccccc2)[C@H](OCc2ccccc2)[C@@H](COCc2ccccc2)N1O. The molecule has 0 radical (unpaired) electrons. The van der Waals surface area contributed by atoms with Gasteiger partial charge in [-0.15, -0.1) is 0 Å². The molecule has 7 heteroatoms. The Balaban J connectivity index is 1.52. The largest absolute Gasteiger partial charge is 0.466 e. The van der Waals surface area contributed by atoms with Gasteiger partial charge in [0.25, 0.3) is 0 Å². The number of hydrogen-bond donors (Lipinski definition) is 1. The van der Waals surface area contributed by atoms with Gasteiger partial charge in [0.15, 0.2) is 0 Å². The van der Waals surface area contributed by atoms with Gasteiger partial charge < -0.3 is 24.2 Å². The second-order valence-corrected chi connectivity index (χ2v) is 9.38. The maximum atomic E-state index is 12.2. The summed E-state index contributed by atoms with van der Waals surface area (Å²) in [6.07, 6.45) is -0.422. The van der Waals surface area contributed by atoms with E-state index in [1.807, 2.05) is 91.0 Å². The van der Waals surface area contributed by atoms with Crippen molar-refractivity contribution in [3.05, 3.63) is 108 Å². The molecule has 4 rings (SSSR count). The fourth-order valence-electron chi connectivity index (χ4n) is 4.77. The van der Waals surface area contributed by atoms with Crippen LogP contribution < -0.4 is 0 Å². The van der Waals surface area contributed by atoms with E-state index in [0.29, 0.717) is 32.8 Å². The van der Waals surface area contributed by atoms with Gasteiger partial charge in [0.2, 0.25) is 0 Å². The van der Waals surface area contributed by atoms with Crippen molar-refractivity contribution in [3.63, 3.8) is 0 Å². The average molecular weight is 520 g/mol. The van der Waals surface area contributed by atoms with Gasteiger partial charge in [-0.2, -0.15) is 5.06 Å². The molecule has 1 heterocycles. The van der Waals surface area contributed by atoms with E-state index in [-0.39, 0.29) is 19.0 Å². The number of carbonyl (C=O) groups is 1. The van der Waals surface area contributed by atoms with Crippen molar-refractivity contribution >= 4 is 5.97 Å². The number of hydrogen-bond acceptors (Lipinski definition) is 7. The molecule has 0 saturated carbocycles. The minimum Gasteiger partial charge on any atom is -0.466 e. The smallest absolute Gasteiger partial charge is 0.305 e. The van der Waals surface area contributed by atoms with E-state index in [1.165, 1.54) is 5.06 Å². The van der Waals surface area contributed by atoms with E-state index in [2.05, 4.69) is 0 Å². The second-order valence-electron chi connectivity index (χ2n) is 9.38. The third-order valence-electron chi connectivity index (χ3n) is 6.68. The van der Waals surface area contributed by atoms with E-state index in [1.54, 1.807) is 6.92 Å². The van der Waals surface area contributed by atoms with Crippen molar-refractivity contribution in [1.29, 1.82) is 0 Å². The second kappa shape index (κ2) is 14.8. The van der Waals surface area contributed by atoms with E-state index >= 15 is 0 Å². The molecule has 3 aromatic rings. The summed E-state index contributed by atoms with van der Waals surface area (Å²) in [5.74, 6) is -0.298. The molecule has 1 saturated heterocycles. The zero-order chi connectivity index (χ0) is 26.6. The summed E-state index contributed by atoms with van der Waals surface area (Å²) in [4.78, 5) is 12.2. The molecule has 0 aromatic heterocycles. The molecule has 1 fully saturated rings. The van der Waals surface area contributed by atoms with Gasteiger partial charge in [0, 0.05) is 6.42 Å². The first-order valence-electron chi connectivity index (χ1n) is 13.2. The Morgan fingerprint density at radius 1 is 0.737 bits per heavy atom. The molecule has 0 bridgehead atoms. The zero-order valence-corrected chi connectivity index (χ0v) is 21.9. The third-order valence-corrected chi connectivity index (χ3v) is 6.68. The molecule has 202 valence electrons. The quantitative estimate of drug-likeness (QED) is 0.295. The Morgan fingerprint density at radius 2 is 1.21 bits per heavy atom. The molecule has 3 aromatic carbocycles. The van der Waals surface area contributed by atoms with Crippen LogP contribution >= 0.6 is 0 Å². The van der Waals surface area contributed by atoms with Crippen molar-refractivity contribution in [2.45, 2.75) is 63.9 Å². The van der Waals surface area contributed by atoms with E-state index in [4.69, 9.17) is 18.9 Å². The molecule has 1 N–H and O–H groups in total. The molecule has 0 amide bonds. The van der Waals surface area contributed by atoms with E-state index < -0.39 is 24.3 Å². The van der Waals surface area contributed by atoms with Gasteiger partial charge in [-0.05, 0) is 30.0 Å². The van der Waals surface area contributed by atoms with Gasteiger partial charge in [0.1, 0.15) is 12.2 Å². The minimum absolute atomic E-state index is 0.170. The number of benzene rings is 3. The number of esters is 1. The van der Waals surface area contributed by atoms with Gasteiger partial charge in [-0.1, -0.05) is 91.0 Å². The molecule has 38 heavy (non-hydrogen) atoms.